The molecule has 2 aromatic carbocycles. The number of carbonyl (C=O) groups is 1. The highest BCUT2D eigenvalue weighted by molar-refractivity contribution is 5.93. The van der Waals surface area contributed by atoms with Crippen molar-refractivity contribution < 1.29 is 9.53 Å². The minimum absolute atomic E-state index is 0.00655. The Balaban J connectivity index is 1.67. The number of nitrogens with one attached hydrogen (secondary N) is 1. The molecule has 1 N–H and O–H groups in total. The summed E-state index contributed by atoms with van der Waals surface area (Å²) in [6, 6.07) is 18.3. The molecule has 1 aliphatic carbocycles. The van der Waals surface area contributed by atoms with Gasteiger partial charge in [-0.1, -0.05) is 42.5 Å². The molecule has 3 rings (SSSR count). The van der Waals surface area contributed by atoms with E-state index in [1.54, 1.807) is 7.11 Å². The lowest BCUT2D eigenvalue weighted by atomic mass is 10.1. The Morgan fingerprint density at radius 2 is 1.84 bits per heavy atom. The van der Waals surface area contributed by atoms with Gasteiger partial charge < -0.3 is 10.1 Å². The Hall–Kier alpha value is -2.33. The summed E-state index contributed by atoms with van der Waals surface area (Å²) in [6.45, 7) is 3.40. The molecular formula is C21H26N2O2. The Kier molecular flexibility index (Phi) is 5.71. The Morgan fingerprint density at radius 3 is 2.52 bits per heavy atom. The second-order valence-electron chi connectivity index (χ2n) is 6.72. The number of carbonyl (C=O) groups excluding carboxylic acids is 1. The molecule has 1 fully saturated rings. The van der Waals surface area contributed by atoms with Crippen LogP contribution < -0.4 is 10.1 Å². The molecule has 1 amide bonds. The van der Waals surface area contributed by atoms with Crippen LogP contribution in [0.4, 0.5) is 5.69 Å². The van der Waals surface area contributed by atoms with Crippen LogP contribution in [0.15, 0.2) is 54.6 Å². The van der Waals surface area contributed by atoms with Gasteiger partial charge in [-0.3, -0.25) is 9.69 Å². The molecule has 0 radical (unpaired) electrons. The third-order valence-corrected chi connectivity index (χ3v) is 4.84. The summed E-state index contributed by atoms with van der Waals surface area (Å²) in [4.78, 5) is 14.9. The van der Waals surface area contributed by atoms with E-state index in [2.05, 4.69) is 29.3 Å². The predicted octanol–water partition coefficient (Wildman–Crippen LogP) is 3.93. The van der Waals surface area contributed by atoms with E-state index >= 15 is 0 Å². The fraction of sp³-hybridized carbons (Fsp3) is 0.381. The normalized spacial score (nSPS) is 15.0. The standard InChI is InChI=1S/C21H26N2O2/c1-16(18-12-13-18)23(14-17-8-4-3-5-9-17)15-21(24)22-19-10-6-7-11-20(19)25-2/h3-11,16,18H,12-15H2,1-2H3,(H,22,24)/t16-/m1/s1. The minimum Gasteiger partial charge on any atom is -0.495 e. The van der Waals surface area contributed by atoms with Crippen molar-refractivity contribution in [1.29, 1.82) is 0 Å². The van der Waals surface area contributed by atoms with E-state index in [-0.39, 0.29) is 5.91 Å². The van der Waals surface area contributed by atoms with Crippen LogP contribution >= 0.6 is 0 Å². The van der Waals surface area contributed by atoms with Crippen molar-refractivity contribution in [2.24, 2.45) is 5.92 Å². The van der Waals surface area contributed by atoms with Gasteiger partial charge in [0.2, 0.25) is 5.91 Å². The van der Waals surface area contributed by atoms with Crippen molar-refractivity contribution in [2.75, 3.05) is 19.0 Å². The monoisotopic (exact) mass is 338 g/mol. The molecule has 0 saturated heterocycles. The number of rotatable bonds is 8. The lowest BCUT2D eigenvalue weighted by molar-refractivity contribution is -0.118. The van der Waals surface area contributed by atoms with E-state index in [4.69, 9.17) is 4.74 Å². The summed E-state index contributed by atoms with van der Waals surface area (Å²) >= 11 is 0. The van der Waals surface area contributed by atoms with Crippen LogP contribution in [0.3, 0.4) is 0 Å². The van der Waals surface area contributed by atoms with E-state index in [1.165, 1.54) is 18.4 Å². The van der Waals surface area contributed by atoms with Crippen LogP contribution in [-0.4, -0.2) is 30.5 Å². The first-order chi connectivity index (χ1) is 12.2. The maximum Gasteiger partial charge on any atom is 0.238 e. The van der Waals surface area contributed by atoms with Crippen molar-refractivity contribution in [3.8, 4) is 5.75 Å². The molecule has 4 heteroatoms. The maximum atomic E-state index is 12.6. The molecular weight excluding hydrogens is 312 g/mol. The molecule has 0 aromatic heterocycles. The summed E-state index contributed by atoms with van der Waals surface area (Å²) < 4.78 is 5.31. The summed E-state index contributed by atoms with van der Waals surface area (Å²) in [6.07, 6.45) is 2.53. The third-order valence-electron chi connectivity index (χ3n) is 4.84. The van der Waals surface area contributed by atoms with Crippen LogP contribution in [0.1, 0.15) is 25.3 Å². The Bertz CT molecular complexity index is 698. The zero-order chi connectivity index (χ0) is 17.6. The number of hydrogen-bond donors (Lipinski definition) is 1. The summed E-state index contributed by atoms with van der Waals surface area (Å²) in [5.41, 5.74) is 1.95. The SMILES string of the molecule is COc1ccccc1NC(=O)CN(Cc1ccccc1)[C@H](C)C1CC1. The molecule has 2 aromatic rings. The van der Waals surface area contributed by atoms with Gasteiger partial charge in [0.15, 0.2) is 0 Å². The lowest BCUT2D eigenvalue weighted by Gasteiger charge is -2.29. The van der Waals surface area contributed by atoms with Crippen LogP contribution in [0, 0.1) is 5.92 Å². The van der Waals surface area contributed by atoms with Gasteiger partial charge in [-0.15, -0.1) is 0 Å². The second-order valence-corrected chi connectivity index (χ2v) is 6.72. The number of ether oxygens (including phenoxy) is 1. The van der Waals surface area contributed by atoms with Crippen LogP contribution in [0.5, 0.6) is 5.75 Å². The molecule has 1 atom stereocenters. The highest BCUT2D eigenvalue weighted by atomic mass is 16.5. The number of amides is 1. The van der Waals surface area contributed by atoms with Gasteiger partial charge in [-0.05, 0) is 43.4 Å². The van der Waals surface area contributed by atoms with Gasteiger partial charge in [0.25, 0.3) is 0 Å². The average Bonchev–Trinajstić information content (AvgIpc) is 3.47. The van der Waals surface area contributed by atoms with E-state index in [0.29, 0.717) is 29.9 Å². The number of para-hydroxylation sites is 2. The van der Waals surface area contributed by atoms with Crippen molar-refractivity contribution in [2.45, 2.75) is 32.4 Å². The molecule has 0 heterocycles. The van der Waals surface area contributed by atoms with Crippen molar-refractivity contribution >= 4 is 11.6 Å². The van der Waals surface area contributed by atoms with Gasteiger partial charge in [0, 0.05) is 12.6 Å². The zero-order valence-electron chi connectivity index (χ0n) is 14.9. The molecule has 132 valence electrons. The van der Waals surface area contributed by atoms with E-state index in [0.717, 1.165) is 6.54 Å². The number of methoxy groups -OCH3 is 1. The quantitative estimate of drug-likeness (QED) is 0.793. The van der Waals surface area contributed by atoms with Crippen LogP contribution in [0.25, 0.3) is 0 Å². The second kappa shape index (κ2) is 8.17. The summed E-state index contributed by atoms with van der Waals surface area (Å²) in [7, 11) is 1.61. The van der Waals surface area contributed by atoms with Crippen LogP contribution in [-0.2, 0) is 11.3 Å². The first kappa shape index (κ1) is 17.5. The third kappa shape index (κ3) is 4.83. The number of benzene rings is 2. The van der Waals surface area contributed by atoms with Crippen molar-refractivity contribution in [3.05, 3.63) is 60.2 Å². The molecule has 1 saturated carbocycles. The van der Waals surface area contributed by atoms with Crippen molar-refractivity contribution in [1.82, 2.24) is 4.90 Å². The van der Waals surface area contributed by atoms with Crippen LogP contribution in [0.2, 0.25) is 0 Å². The van der Waals surface area contributed by atoms with Gasteiger partial charge >= 0.3 is 0 Å². The van der Waals surface area contributed by atoms with E-state index < -0.39 is 0 Å². The zero-order valence-corrected chi connectivity index (χ0v) is 14.9. The van der Waals surface area contributed by atoms with Crippen molar-refractivity contribution in [3.63, 3.8) is 0 Å². The molecule has 25 heavy (non-hydrogen) atoms. The highest BCUT2D eigenvalue weighted by Crippen LogP contribution is 2.35. The molecule has 0 aliphatic heterocycles. The molecule has 0 unspecified atom stereocenters. The van der Waals surface area contributed by atoms with Gasteiger partial charge in [0.05, 0.1) is 19.3 Å². The van der Waals surface area contributed by atoms with Gasteiger partial charge in [-0.25, -0.2) is 0 Å². The summed E-state index contributed by atoms with van der Waals surface area (Å²) in [5.74, 6) is 1.39. The smallest absolute Gasteiger partial charge is 0.238 e. The number of hydrogen-bond acceptors (Lipinski definition) is 3. The fourth-order valence-corrected chi connectivity index (χ4v) is 3.16. The van der Waals surface area contributed by atoms with E-state index in [9.17, 15) is 4.79 Å². The molecule has 0 spiro atoms. The fourth-order valence-electron chi connectivity index (χ4n) is 3.16. The minimum atomic E-state index is -0.00655. The molecule has 0 bridgehead atoms. The Labute approximate surface area is 149 Å². The number of anilines is 1. The summed E-state index contributed by atoms with van der Waals surface area (Å²) in [5, 5.41) is 2.99. The van der Waals surface area contributed by atoms with E-state index in [1.807, 2.05) is 42.5 Å². The Morgan fingerprint density at radius 1 is 1.16 bits per heavy atom. The van der Waals surface area contributed by atoms with Gasteiger partial charge in [0.1, 0.15) is 5.75 Å². The first-order valence-corrected chi connectivity index (χ1v) is 8.88. The highest BCUT2D eigenvalue weighted by Gasteiger charge is 2.32. The largest absolute Gasteiger partial charge is 0.495 e. The number of nitrogens with zero attached hydrogens (tertiary/aromatic N) is 1. The lowest BCUT2D eigenvalue weighted by Crippen LogP contribution is -2.40. The predicted molar refractivity (Wildman–Crippen MR) is 101 cm³/mol. The molecule has 1 aliphatic rings. The van der Waals surface area contributed by atoms with Gasteiger partial charge in [-0.2, -0.15) is 0 Å². The molecule has 4 nitrogen and oxygen atoms in total. The maximum absolute atomic E-state index is 12.6. The average molecular weight is 338 g/mol. The topological polar surface area (TPSA) is 41.6 Å². The first-order valence-electron chi connectivity index (χ1n) is 8.88.